The molecule has 0 aliphatic carbocycles. The molecule has 4 aromatic rings. The standard InChI is InChI=1S/C39H53N7O5/c1-24-29-14-13-26-20-32(46(33(26)42-29)17-12-10-9-11-16-39(5,6)36(48)40-24)34-43-30-21-28-25(19-31(30)44(34)7)15-18-45(35(28)47)22-27(23-50-8)41-37(49)51-38(2,3)4/h13-14,19-21,24,27H,9-12,15-18,22-23H2,1-8H3,(H,40,48)(H,41,49)/t24-,27+/m1/s1. The Kier molecular flexibility index (Phi) is 10.2. The maximum Gasteiger partial charge on any atom is 0.408 e. The molecule has 0 saturated heterocycles. The molecule has 12 heteroatoms. The highest BCUT2D eigenvalue weighted by Crippen LogP contribution is 2.34. The molecule has 2 aliphatic rings. The molecule has 12 nitrogen and oxygen atoms in total. The zero-order valence-electron chi connectivity index (χ0n) is 31.4. The highest BCUT2D eigenvalue weighted by Gasteiger charge is 2.31. The Morgan fingerprint density at radius 2 is 1.84 bits per heavy atom. The minimum absolute atomic E-state index is 0.0567. The first-order valence-corrected chi connectivity index (χ1v) is 18.2. The third kappa shape index (κ3) is 7.75. The van der Waals surface area contributed by atoms with Gasteiger partial charge in [-0.3, -0.25) is 9.59 Å². The van der Waals surface area contributed by atoms with E-state index in [4.69, 9.17) is 19.4 Å². The van der Waals surface area contributed by atoms with Gasteiger partial charge in [0.05, 0.1) is 41.1 Å². The van der Waals surface area contributed by atoms with Crippen molar-refractivity contribution in [1.29, 1.82) is 0 Å². The molecule has 0 saturated carbocycles. The van der Waals surface area contributed by atoms with E-state index in [1.54, 1.807) is 12.0 Å². The summed E-state index contributed by atoms with van der Waals surface area (Å²) < 4.78 is 15.2. The first-order chi connectivity index (χ1) is 24.1. The highest BCUT2D eigenvalue weighted by molar-refractivity contribution is 6.00. The monoisotopic (exact) mass is 699 g/mol. The van der Waals surface area contributed by atoms with Crippen molar-refractivity contribution in [3.63, 3.8) is 0 Å². The number of carbonyl (C=O) groups excluding carboxylic acids is 3. The van der Waals surface area contributed by atoms with Crippen LogP contribution < -0.4 is 10.6 Å². The number of fused-ring (bicyclic) bond motifs is 3. The van der Waals surface area contributed by atoms with Gasteiger partial charge >= 0.3 is 6.09 Å². The normalized spacial score (nSPS) is 19.1. The molecule has 5 heterocycles. The summed E-state index contributed by atoms with van der Waals surface area (Å²) in [5.41, 5.74) is 4.92. The summed E-state index contributed by atoms with van der Waals surface area (Å²) in [5, 5.41) is 7.09. The van der Waals surface area contributed by atoms with Gasteiger partial charge in [-0.15, -0.1) is 0 Å². The smallest absolute Gasteiger partial charge is 0.408 e. The number of methoxy groups -OCH3 is 1. The van der Waals surface area contributed by atoms with Crippen molar-refractivity contribution in [3.8, 4) is 11.5 Å². The molecule has 1 aromatic carbocycles. The summed E-state index contributed by atoms with van der Waals surface area (Å²) >= 11 is 0. The number of alkyl carbamates (subject to hydrolysis) is 1. The summed E-state index contributed by atoms with van der Waals surface area (Å²) in [7, 11) is 3.60. The quantitative estimate of drug-likeness (QED) is 0.242. The van der Waals surface area contributed by atoms with Crippen molar-refractivity contribution in [2.75, 3.05) is 26.8 Å². The number of nitrogens with zero attached hydrogens (tertiary/aromatic N) is 5. The van der Waals surface area contributed by atoms with Gasteiger partial charge < -0.3 is 34.1 Å². The van der Waals surface area contributed by atoms with E-state index in [0.717, 1.165) is 83.5 Å². The molecule has 51 heavy (non-hydrogen) atoms. The van der Waals surface area contributed by atoms with Gasteiger partial charge in [-0.2, -0.15) is 0 Å². The first kappa shape index (κ1) is 36.3. The second kappa shape index (κ2) is 14.3. The minimum Gasteiger partial charge on any atom is -0.444 e. The molecule has 6 rings (SSSR count). The summed E-state index contributed by atoms with van der Waals surface area (Å²) in [6, 6.07) is 9.58. The first-order valence-electron chi connectivity index (χ1n) is 18.2. The number of pyridine rings is 1. The van der Waals surface area contributed by atoms with Crippen LogP contribution in [-0.4, -0.2) is 80.4 Å². The van der Waals surface area contributed by atoms with Crippen LogP contribution in [0.4, 0.5) is 4.79 Å². The number of ether oxygens (including phenoxy) is 2. The lowest BCUT2D eigenvalue weighted by atomic mass is 9.85. The Hall–Kier alpha value is -4.45. The predicted molar refractivity (Wildman–Crippen MR) is 198 cm³/mol. The average molecular weight is 700 g/mol. The summed E-state index contributed by atoms with van der Waals surface area (Å²) in [6.07, 6.45) is 5.10. The number of aryl methyl sites for hydroxylation is 2. The van der Waals surface area contributed by atoms with Crippen LogP contribution in [0.15, 0.2) is 30.3 Å². The van der Waals surface area contributed by atoms with Crippen molar-refractivity contribution in [1.82, 2.24) is 34.6 Å². The maximum atomic E-state index is 13.9. The SMILES string of the molecule is COC[C@H](CN1CCc2cc3c(cc2C1=O)nc(-c1cc2ccc4nc2n1CCCCCCC(C)(C)C(=O)N[C@@H]4C)n3C)NC(=O)OC(C)(C)C. The van der Waals surface area contributed by atoms with Gasteiger partial charge in [0.2, 0.25) is 5.91 Å². The fourth-order valence-corrected chi connectivity index (χ4v) is 7.26. The van der Waals surface area contributed by atoms with Crippen LogP contribution in [0.25, 0.3) is 33.6 Å². The van der Waals surface area contributed by atoms with E-state index in [0.29, 0.717) is 25.1 Å². The number of nitrogens with one attached hydrogen (secondary N) is 2. The molecule has 0 fully saturated rings. The lowest BCUT2D eigenvalue weighted by Crippen LogP contribution is -2.50. The largest absolute Gasteiger partial charge is 0.444 e. The molecule has 0 spiro atoms. The Balaban J connectivity index is 1.31. The van der Waals surface area contributed by atoms with Gasteiger partial charge in [-0.25, -0.2) is 14.8 Å². The molecule has 2 atom stereocenters. The van der Waals surface area contributed by atoms with Crippen molar-refractivity contribution < 1.29 is 23.9 Å². The van der Waals surface area contributed by atoms with Crippen LogP contribution in [0.5, 0.6) is 0 Å². The van der Waals surface area contributed by atoms with Gasteiger partial charge in [0.25, 0.3) is 5.91 Å². The number of benzene rings is 1. The summed E-state index contributed by atoms with van der Waals surface area (Å²) in [4.78, 5) is 51.6. The van der Waals surface area contributed by atoms with E-state index in [2.05, 4.69) is 38.0 Å². The molecule has 3 aromatic heterocycles. The zero-order valence-corrected chi connectivity index (χ0v) is 31.4. The molecule has 3 amide bonds. The number of hydrogen-bond acceptors (Lipinski definition) is 7. The number of imidazole rings is 1. The van der Waals surface area contributed by atoms with Gasteiger partial charge in [0.1, 0.15) is 11.2 Å². The summed E-state index contributed by atoms with van der Waals surface area (Å²) in [5.74, 6) is 0.768. The van der Waals surface area contributed by atoms with E-state index in [-0.39, 0.29) is 24.5 Å². The Morgan fingerprint density at radius 1 is 1.08 bits per heavy atom. The second-order valence-corrected chi connectivity index (χ2v) is 15.9. The average Bonchev–Trinajstić information content (AvgIpc) is 3.57. The van der Waals surface area contributed by atoms with Crippen LogP contribution >= 0.6 is 0 Å². The Bertz CT molecular complexity index is 1950. The van der Waals surface area contributed by atoms with Crippen LogP contribution in [0, 0.1) is 5.41 Å². The van der Waals surface area contributed by atoms with Crippen molar-refractivity contribution in [2.24, 2.45) is 12.5 Å². The zero-order chi connectivity index (χ0) is 36.7. The molecular weight excluding hydrogens is 646 g/mol. The van der Waals surface area contributed by atoms with E-state index >= 15 is 0 Å². The number of rotatable bonds is 6. The fraction of sp³-hybridized carbons (Fsp3) is 0.564. The molecular formula is C39H53N7O5. The molecule has 0 unspecified atom stereocenters. The van der Waals surface area contributed by atoms with Crippen LogP contribution in [-0.2, 0) is 34.3 Å². The molecule has 0 radical (unpaired) electrons. The predicted octanol–water partition coefficient (Wildman–Crippen LogP) is 6.30. The van der Waals surface area contributed by atoms with Crippen molar-refractivity contribution >= 4 is 40.0 Å². The van der Waals surface area contributed by atoms with Crippen molar-refractivity contribution in [3.05, 3.63) is 47.2 Å². The number of amides is 3. The Morgan fingerprint density at radius 3 is 2.59 bits per heavy atom. The van der Waals surface area contributed by atoms with Crippen LogP contribution in [0.3, 0.4) is 0 Å². The van der Waals surface area contributed by atoms with Gasteiger partial charge in [0, 0.05) is 50.2 Å². The highest BCUT2D eigenvalue weighted by atomic mass is 16.6. The van der Waals surface area contributed by atoms with Gasteiger partial charge in [-0.1, -0.05) is 33.1 Å². The Labute approximate surface area is 300 Å². The van der Waals surface area contributed by atoms with Gasteiger partial charge in [-0.05, 0) is 82.9 Å². The van der Waals surface area contributed by atoms with E-state index in [1.165, 1.54) is 0 Å². The molecule has 2 bridgehead atoms. The minimum atomic E-state index is -0.635. The molecule has 2 N–H and O–H groups in total. The number of hydrogen-bond donors (Lipinski definition) is 2. The lowest BCUT2D eigenvalue weighted by Gasteiger charge is -2.32. The van der Waals surface area contributed by atoms with E-state index < -0.39 is 23.2 Å². The van der Waals surface area contributed by atoms with Crippen molar-refractivity contribution in [2.45, 2.75) is 104 Å². The number of aromatic nitrogens is 4. The molecule has 274 valence electrons. The van der Waals surface area contributed by atoms with Crippen LogP contribution in [0.1, 0.15) is 101 Å². The molecule has 2 aliphatic heterocycles. The number of carbonyl (C=O) groups is 3. The fourth-order valence-electron chi connectivity index (χ4n) is 7.26. The third-order valence-corrected chi connectivity index (χ3v) is 10.1. The maximum absolute atomic E-state index is 13.9. The van der Waals surface area contributed by atoms with Crippen LogP contribution in [0.2, 0.25) is 0 Å². The second-order valence-electron chi connectivity index (χ2n) is 15.9. The lowest BCUT2D eigenvalue weighted by molar-refractivity contribution is -0.130. The topological polar surface area (TPSA) is 133 Å². The van der Waals surface area contributed by atoms with E-state index in [1.807, 2.05) is 60.7 Å². The van der Waals surface area contributed by atoms with Gasteiger partial charge in [0.15, 0.2) is 5.82 Å². The third-order valence-electron chi connectivity index (χ3n) is 10.1. The van der Waals surface area contributed by atoms with E-state index in [9.17, 15) is 14.4 Å². The summed E-state index contributed by atoms with van der Waals surface area (Å²) in [6.45, 7) is 13.3.